The van der Waals surface area contributed by atoms with Gasteiger partial charge in [0.15, 0.2) is 0 Å². The van der Waals surface area contributed by atoms with Gasteiger partial charge in [-0.3, -0.25) is 9.59 Å². The molecule has 2 aromatic carbocycles. The lowest BCUT2D eigenvalue weighted by molar-refractivity contribution is -0.125. The third kappa shape index (κ3) is 4.89. The number of imide groups is 1. The van der Waals surface area contributed by atoms with Gasteiger partial charge in [-0.05, 0) is 57.2 Å². The maximum atomic E-state index is 14.5. The normalized spacial score (nSPS) is 23.2. The number of hydrogen-bond donors (Lipinski definition) is 0. The van der Waals surface area contributed by atoms with E-state index in [2.05, 4.69) is 22.0 Å². The highest BCUT2D eigenvalue weighted by Gasteiger charge is 2.77. The van der Waals surface area contributed by atoms with Gasteiger partial charge in [0.25, 0.3) is 5.78 Å². The van der Waals surface area contributed by atoms with Crippen molar-refractivity contribution in [2.75, 3.05) is 22.9 Å². The van der Waals surface area contributed by atoms with Gasteiger partial charge in [-0.2, -0.15) is 19.6 Å². The van der Waals surface area contributed by atoms with Crippen molar-refractivity contribution in [3.63, 3.8) is 0 Å². The van der Waals surface area contributed by atoms with E-state index in [-0.39, 0.29) is 28.3 Å². The van der Waals surface area contributed by atoms with Crippen LogP contribution < -0.4 is 9.80 Å². The van der Waals surface area contributed by atoms with E-state index in [0.29, 0.717) is 59.1 Å². The smallest absolute Gasteiger partial charge is 0.255 e. The van der Waals surface area contributed by atoms with Gasteiger partial charge in [-0.25, -0.2) is 18.1 Å². The summed E-state index contributed by atoms with van der Waals surface area (Å²) in [6, 6.07) is 5.99. The SMILES string of the molecule is CC12CC1(C)C(=O)N(c1cc(Cl)cc(Cl)c1)C2=O.CC1CCN(c2c(-c3c(F)cc(F)cc3F)c(Cl)nc3ncnn23)CC1. The Hall–Kier alpha value is -3.41. The maximum absolute atomic E-state index is 14.5. The summed E-state index contributed by atoms with van der Waals surface area (Å²) in [6.07, 6.45) is 3.77. The lowest BCUT2D eigenvalue weighted by Gasteiger charge is -2.33. The molecule has 3 fully saturated rings. The summed E-state index contributed by atoms with van der Waals surface area (Å²) in [5, 5.41) is 4.86. The van der Waals surface area contributed by atoms with Gasteiger partial charge in [-0.15, -0.1) is 0 Å². The number of halogens is 6. The van der Waals surface area contributed by atoms with Gasteiger partial charge < -0.3 is 4.90 Å². The predicted octanol–water partition coefficient (Wildman–Crippen LogP) is 7.38. The molecule has 14 heteroatoms. The van der Waals surface area contributed by atoms with E-state index in [1.807, 2.05) is 18.7 Å². The molecular formula is C30H26Cl3F3N6O2. The third-order valence-corrected chi connectivity index (χ3v) is 9.66. The minimum Gasteiger partial charge on any atom is -0.356 e. The van der Waals surface area contributed by atoms with Gasteiger partial charge in [0.2, 0.25) is 11.8 Å². The molecule has 2 unspecified atom stereocenters. The average molecular weight is 666 g/mol. The molecule has 230 valence electrons. The Morgan fingerprint density at radius 2 is 1.43 bits per heavy atom. The van der Waals surface area contributed by atoms with E-state index < -0.39 is 33.8 Å². The zero-order chi connectivity index (χ0) is 31.7. The summed E-state index contributed by atoms with van der Waals surface area (Å²) in [6.45, 7) is 7.17. The molecule has 2 saturated heterocycles. The first-order chi connectivity index (χ1) is 20.7. The largest absolute Gasteiger partial charge is 0.356 e. The van der Waals surface area contributed by atoms with E-state index >= 15 is 0 Å². The summed E-state index contributed by atoms with van der Waals surface area (Å²) in [7, 11) is 0. The zero-order valence-corrected chi connectivity index (χ0v) is 26.1. The maximum Gasteiger partial charge on any atom is 0.255 e. The van der Waals surface area contributed by atoms with Crippen LogP contribution in [0.15, 0.2) is 36.7 Å². The summed E-state index contributed by atoms with van der Waals surface area (Å²) < 4.78 is 43.7. The zero-order valence-electron chi connectivity index (χ0n) is 23.8. The number of carbonyl (C=O) groups excluding carboxylic acids is 2. The second kappa shape index (κ2) is 10.9. The van der Waals surface area contributed by atoms with Crippen molar-refractivity contribution < 1.29 is 22.8 Å². The molecule has 0 bridgehead atoms. The standard InChI is InChI=1S/C17H15ClF3N5.C13H11Cl2NO2/c1-9-2-4-25(5-3-9)16-14(13-11(20)6-10(19)7-12(13)21)15(18)24-17-22-8-23-26(16)17;1-12-6-13(12,2)11(18)16(10(12)17)9-4-7(14)3-8(15)5-9/h6-9H,2-5H2,1H3;3-5H,6H2,1-2H3. The molecule has 3 aliphatic rings. The van der Waals surface area contributed by atoms with Crippen molar-refractivity contribution in [1.82, 2.24) is 19.6 Å². The Morgan fingerprint density at radius 3 is 2.00 bits per heavy atom. The molecule has 4 heterocycles. The molecule has 8 nitrogen and oxygen atoms in total. The molecular weight excluding hydrogens is 640 g/mol. The molecule has 0 N–H and O–H groups in total. The van der Waals surface area contributed by atoms with Gasteiger partial charge >= 0.3 is 0 Å². The fourth-order valence-corrected chi connectivity index (χ4v) is 6.86. The number of carbonyl (C=O) groups is 2. The Balaban J connectivity index is 0.000000167. The Bertz CT molecular complexity index is 1780. The van der Waals surface area contributed by atoms with Crippen molar-refractivity contribution in [2.24, 2.45) is 16.7 Å². The molecule has 0 spiro atoms. The molecule has 44 heavy (non-hydrogen) atoms. The highest BCUT2D eigenvalue weighted by Crippen LogP contribution is 2.69. The first-order valence-electron chi connectivity index (χ1n) is 13.9. The summed E-state index contributed by atoms with van der Waals surface area (Å²) in [5.74, 6) is -2.21. The summed E-state index contributed by atoms with van der Waals surface area (Å²) in [5.41, 5.74) is -1.03. The summed E-state index contributed by atoms with van der Waals surface area (Å²) in [4.78, 5) is 35.9. The number of rotatable bonds is 3. The minimum atomic E-state index is -1.04. The Kier molecular flexibility index (Phi) is 7.57. The van der Waals surface area contributed by atoms with E-state index in [1.54, 1.807) is 18.2 Å². The molecule has 2 amide bonds. The number of hydrogen-bond acceptors (Lipinski definition) is 6. The number of aromatic nitrogens is 4. The van der Waals surface area contributed by atoms with Gasteiger partial charge in [0.1, 0.15) is 34.7 Å². The Morgan fingerprint density at radius 1 is 0.864 bits per heavy atom. The van der Waals surface area contributed by atoms with Crippen LogP contribution in [0.2, 0.25) is 15.2 Å². The fourth-order valence-electron chi connectivity index (χ4n) is 6.09. The van der Waals surface area contributed by atoms with Crippen LogP contribution in [0.3, 0.4) is 0 Å². The Labute approximate surface area is 265 Å². The van der Waals surface area contributed by atoms with Crippen molar-refractivity contribution in [2.45, 2.75) is 40.0 Å². The highest BCUT2D eigenvalue weighted by atomic mass is 35.5. The van der Waals surface area contributed by atoms with Crippen LogP contribution in [0, 0.1) is 34.2 Å². The number of anilines is 2. The molecule has 1 saturated carbocycles. The van der Waals surface area contributed by atoms with Gasteiger partial charge in [0, 0.05) is 35.3 Å². The van der Waals surface area contributed by atoms with Crippen molar-refractivity contribution in [1.29, 1.82) is 0 Å². The molecule has 0 radical (unpaired) electrons. The van der Waals surface area contributed by atoms with Crippen LogP contribution in [0.4, 0.5) is 24.7 Å². The first-order valence-corrected chi connectivity index (χ1v) is 15.0. The monoisotopic (exact) mass is 664 g/mol. The molecule has 7 rings (SSSR count). The number of nitrogens with zero attached hydrogens (tertiary/aromatic N) is 6. The number of piperidine rings is 2. The highest BCUT2D eigenvalue weighted by molar-refractivity contribution is 6.36. The minimum absolute atomic E-state index is 0.0502. The van der Waals surface area contributed by atoms with Gasteiger partial charge in [0.05, 0.1) is 27.6 Å². The molecule has 2 aliphatic heterocycles. The molecule has 4 aromatic rings. The van der Waals surface area contributed by atoms with Crippen LogP contribution in [0.25, 0.3) is 16.9 Å². The average Bonchev–Trinajstić information content (AvgIpc) is 3.19. The predicted molar refractivity (Wildman–Crippen MR) is 161 cm³/mol. The van der Waals surface area contributed by atoms with Crippen LogP contribution >= 0.6 is 34.8 Å². The van der Waals surface area contributed by atoms with E-state index in [1.165, 1.54) is 15.7 Å². The van der Waals surface area contributed by atoms with Crippen LogP contribution in [0.5, 0.6) is 0 Å². The second-order valence-electron chi connectivity index (χ2n) is 11.9. The van der Waals surface area contributed by atoms with Crippen LogP contribution in [-0.4, -0.2) is 44.5 Å². The van der Waals surface area contributed by atoms with Crippen molar-refractivity contribution >= 4 is 63.9 Å². The first kappa shape index (κ1) is 30.6. The second-order valence-corrected chi connectivity index (χ2v) is 13.1. The number of amides is 2. The lowest BCUT2D eigenvalue weighted by atomic mass is 9.98. The van der Waals surface area contributed by atoms with Gasteiger partial charge in [-0.1, -0.05) is 41.7 Å². The van der Waals surface area contributed by atoms with Crippen LogP contribution in [-0.2, 0) is 9.59 Å². The van der Waals surface area contributed by atoms with Crippen molar-refractivity contribution in [3.05, 3.63) is 69.3 Å². The number of fused-ring (bicyclic) bond motifs is 2. The molecule has 1 aliphatic carbocycles. The molecule has 2 aromatic heterocycles. The van der Waals surface area contributed by atoms with E-state index in [4.69, 9.17) is 34.8 Å². The van der Waals surface area contributed by atoms with E-state index in [9.17, 15) is 22.8 Å². The summed E-state index contributed by atoms with van der Waals surface area (Å²) >= 11 is 18.1. The fraction of sp³-hybridized carbons (Fsp3) is 0.367. The quantitative estimate of drug-likeness (QED) is 0.168. The van der Waals surface area contributed by atoms with Crippen LogP contribution in [0.1, 0.15) is 40.0 Å². The topological polar surface area (TPSA) is 83.7 Å². The van der Waals surface area contributed by atoms with Crippen molar-refractivity contribution in [3.8, 4) is 11.1 Å². The van der Waals surface area contributed by atoms with E-state index in [0.717, 1.165) is 12.8 Å². The molecule has 2 atom stereocenters. The lowest BCUT2D eigenvalue weighted by Crippen LogP contribution is -2.35. The third-order valence-electron chi connectivity index (χ3n) is 8.95. The number of benzene rings is 2.